The summed E-state index contributed by atoms with van der Waals surface area (Å²) in [6, 6.07) is 13.0. The summed E-state index contributed by atoms with van der Waals surface area (Å²) in [5.41, 5.74) is -0.145. The van der Waals surface area contributed by atoms with Crippen LogP contribution in [-0.4, -0.2) is 16.7 Å². The van der Waals surface area contributed by atoms with Crippen molar-refractivity contribution in [2.24, 2.45) is 0 Å². The summed E-state index contributed by atoms with van der Waals surface area (Å²) >= 11 is 18.0. The van der Waals surface area contributed by atoms with Gasteiger partial charge in [-0.1, -0.05) is 46.9 Å². The molecule has 7 nitrogen and oxygen atoms in total. The molecule has 0 atom stereocenters. The van der Waals surface area contributed by atoms with E-state index in [0.29, 0.717) is 5.02 Å². The van der Waals surface area contributed by atoms with Gasteiger partial charge in [0.15, 0.2) is 0 Å². The van der Waals surface area contributed by atoms with Crippen molar-refractivity contribution in [1.29, 1.82) is 0 Å². The summed E-state index contributed by atoms with van der Waals surface area (Å²) in [6.07, 6.45) is 1.23. The highest BCUT2D eigenvalue weighted by Gasteiger charge is 2.19. The Kier molecular flexibility index (Phi) is 7.65. The van der Waals surface area contributed by atoms with Crippen LogP contribution in [0, 0.1) is 15.9 Å². The first kappa shape index (κ1) is 24.2. The van der Waals surface area contributed by atoms with E-state index in [1.165, 1.54) is 48.5 Å². The van der Waals surface area contributed by atoms with Crippen molar-refractivity contribution in [3.05, 3.63) is 108 Å². The predicted molar refractivity (Wildman–Crippen MR) is 125 cm³/mol. The zero-order valence-corrected chi connectivity index (χ0v) is 18.7. The Balaban J connectivity index is 1.99. The van der Waals surface area contributed by atoms with Crippen LogP contribution in [0.25, 0.3) is 6.08 Å². The number of carbonyl (C=O) groups is 2. The fourth-order valence-corrected chi connectivity index (χ4v) is 3.29. The van der Waals surface area contributed by atoms with Gasteiger partial charge in [-0.15, -0.1) is 0 Å². The van der Waals surface area contributed by atoms with E-state index in [1.54, 1.807) is 0 Å². The quantitative estimate of drug-likeness (QED) is 0.238. The lowest BCUT2D eigenvalue weighted by molar-refractivity contribution is -0.384. The molecule has 33 heavy (non-hydrogen) atoms. The zero-order chi connectivity index (χ0) is 24.1. The maximum atomic E-state index is 13.3. The average molecular weight is 509 g/mol. The van der Waals surface area contributed by atoms with Gasteiger partial charge in [0.25, 0.3) is 17.5 Å². The third-order valence-corrected chi connectivity index (χ3v) is 5.11. The molecule has 11 heteroatoms. The molecule has 0 aliphatic heterocycles. The minimum absolute atomic E-state index is 0.0865. The molecule has 3 rings (SSSR count). The van der Waals surface area contributed by atoms with Gasteiger partial charge in [-0.05, 0) is 48.0 Å². The highest BCUT2D eigenvalue weighted by Crippen LogP contribution is 2.26. The van der Waals surface area contributed by atoms with Crippen LogP contribution in [0.3, 0.4) is 0 Å². The summed E-state index contributed by atoms with van der Waals surface area (Å²) < 4.78 is 13.3. The lowest BCUT2D eigenvalue weighted by atomic mass is 10.1. The van der Waals surface area contributed by atoms with E-state index in [1.807, 2.05) is 0 Å². The number of halogens is 4. The maximum Gasteiger partial charge on any atom is 0.272 e. The molecule has 3 aromatic rings. The lowest BCUT2D eigenvalue weighted by Gasteiger charge is -2.13. The third kappa shape index (κ3) is 6.29. The number of hydrogen-bond acceptors (Lipinski definition) is 4. The van der Waals surface area contributed by atoms with Crippen LogP contribution >= 0.6 is 34.8 Å². The number of nitro benzene ring substituents is 1. The van der Waals surface area contributed by atoms with Crippen molar-refractivity contribution in [3.63, 3.8) is 0 Å². The van der Waals surface area contributed by atoms with Gasteiger partial charge in [-0.2, -0.15) is 0 Å². The molecule has 0 fully saturated rings. The standard InChI is InChI=1S/C22H13Cl3FN3O4/c23-13-4-7-17(24)19(10-13)27-22(31)20(9-12-2-1-3-15(8-12)29(32)33)28-21(30)16-6-5-14(26)11-18(16)25/h1-11H,(H,27,31)(H,28,30)/b20-9-. The molecule has 0 spiro atoms. The molecular weight excluding hydrogens is 496 g/mol. The number of rotatable bonds is 6. The first-order valence-corrected chi connectivity index (χ1v) is 10.3. The monoisotopic (exact) mass is 507 g/mol. The second kappa shape index (κ2) is 10.4. The largest absolute Gasteiger partial charge is 0.319 e. The number of carbonyl (C=O) groups excluding carboxylic acids is 2. The Morgan fingerprint density at radius 2 is 1.73 bits per heavy atom. The van der Waals surface area contributed by atoms with E-state index in [-0.39, 0.29) is 38.2 Å². The fraction of sp³-hybridized carbons (Fsp3) is 0. The molecule has 0 aliphatic rings. The molecular formula is C22H13Cl3FN3O4. The summed E-state index contributed by atoms with van der Waals surface area (Å²) in [5, 5.41) is 16.3. The highest BCUT2D eigenvalue weighted by atomic mass is 35.5. The molecule has 3 aromatic carbocycles. The third-order valence-electron chi connectivity index (χ3n) is 4.24. The molecule has 2 N–H and O–H groups in total. The van der Waals surface area contributed by atoms with E-state index >= 15 is 0 Å². The summed E-state index contributed by atoms with van der Waals surface area (Å²) in [5.74, 6) is -2.24. The Labute approximate surface area is 201 Å². The number of anilines is 1. The first-order valence-electron chi connectivity index (χ1n) is 9.13. The zero-order valence-electron chi connectivity index (χ0n) is 16.4. The number of nitrogens with one attached hydrogen (secondary N) is 2. The molecule has 0 aliphatic carbocycles. The minimum atomic E-state index is -0.802. The molecule has 2 amide bonds. The van der Waals surface area contributed by atoms with Crippen LogP contribution in [0.4, 0.5) is 15.8 Å². The molecule has 0 heterocycles. The second-order valence-corrected chi connectivity index (χ2v) is 7.82. The van der Waals surface area contributed by atoms with Gasteiger partial charge >= 0.3 is 0 Å². The van der Waals surface area contributed by atoms with Gasteiger partial charge in [-0.3, -0.25) is 19.7 Å². The van der Waals surface area contributed by atoms with Gasteiger partial charge in [-0.25, -0.2) is 4.39 Å². The minimum Gasteiger partial charge on any atom is -0.319 e. The Morgan fingerprint density at radius 3 is 2.42 bits per heavy atom. The van der Waals surface area contributed by atoms with E-state index in [0.717, 1.165) is 18.2 Å². The fourth-order valence-electron chi connectivity index (χ4n) is 2.70. The summed E-state index contributed by atoms with van der Waals surface area (Å²) in [6.45, 7) is 0. The first-order chi connectivity index (χ1) is 15.6. The average Bonchev–Trinajstić information content (AvgIpc) is 2.75. The predicted octanol–water partition coefficient (Wildman–Crippen LogP) is 6.10. The van der Waals surface area contributed by atoms with Crippen molar-refractivity contribution in [3.8, 4) is 0 Å². The van der Waals surface area contributed by atoms with Gasteiger partial charge in [0, 0.05) is 17.2 Å². The number of benzene rings is 3. The molecule has 0 saturated carbocycles. The van der Waals surface area contributed by atoms with E-state index < -0.39 is 22.6 Å². The van der Waals surface area contributed by atoms with Crippen LogP contribution in [0.5, 0.6) is 0 Å². The maximum absolute atomic E-state index is 13.3. The van der Waals surface area contributed by atoms with Gasteiger partial charge < -0.3 is 10.6 Å². The molecule has 0 saturated heterocycles. The normalized spacial score (nSPS) is 11.1. The Bertz CT molecular complexity index is 1300. The highest BCUT2D eigenvalue weighted by molar-refractivity contribution is 6.36. The Hall–Kier alpha value is -3.46. The molecule has 168 valence electrons. The number of non-ortho nitro benzene ring substituents is 1. The van der Waals surface area contributed by atoms with Crippen LogP contribution in [0.15, 0.2) is 66.4 Å². The van der Waals surface area contributed by atoms with Crippen LogP contribution in [0.2, 0.25) is 15.1 Å². The van der Waals surface area contributed by atoms with Gasteiger partial charge in [0.1, 0.15) is 11.5 Å². The summed E-state index contributed by atoms with van der Waals surface area (Å²) in [4.78, 5) is 36.2. The van der Waals surface area contributed by atoms with Crippen LogP contribution in [-0.2, 0) is 4.79 Å². The lowest BCUT2D eigenvalue weighted by Crippen LogP contribution is -2.31. The number of amides is 2. The van der Waals surface area contributed by atoms with Gasteiger partial charge in [0.05, 0.1) is 26.2 Å². The number of nitro groups is 1. The van der Waals surface area contributed by atoms with Crippen molar-refractivity contribution >= 4 is 64.1 Å². The summed E-state index contributed by atoms with van der Waals surface area (Å²) in [7, 11) is 0. The number of nitrogens with zero attached hydrogens (tertiary/aromatic N) is 1. The van der Waals surface area contributed by atoms with Crippen molar-refractivity contribution in [2.45, 2.75) is 0 Å². The van der Waals surface area contributed by atoms with E-state index in [2.05, 4.69) is 10.6 Å². The molecule has 0 aromatic heterocycles. The van der Waals surface area contributed by atoms with Crippen molar-refractivity contribution < 1.29 is 18.9 Å². The second-order valence-electron chi connectivity index (χ2n) is 6.57. The van der Waals surface area contributed by atoms with Gasteiger partial charge in [0.2, 0.25) is 0 Å². The number of hydrogen-bond donors (Lipinski definition) is 2. The van der Waals surface area contributed by atoms with Crippen LogP contribution < -0.4 is 10.6 Å². The van der Waals surface area contributed by atoms with Crippen molar-refractivity contribution in [1.82, 2.24) is 5.32 Å². The van der Waals surface area contributed by atoms with Crippen LogP contribution in [0.1, 0.15) is 15.9 Å². The topological polar surface area (TPSA) is 101 Å². The molecule has 0 radical (unpaired) electrons. The molecule has 0 bridgehead atoms. The SMILES string of the molecule is O=C(Nc1cc(Cl)ccc1Cl)/C(=C/c1cccc([N+](=O)[O-])c1)NC(=O)c1ccc(F)cc1Cl. The molecule has 0 unspecified atom stereocenters. The van der Waals surface area contributed by atoms with E-state index in [9.17, 15) is 24.1 Å². The smallest absolute Gasteiger partial charge is 0.272 e. The Morgan fingerprint density at radius 1 is 0.970 bits per heavy atom. The van der Waals surface area contributed by atoms with Crippen molar-refractivity contribution in [2.75, 3.05) is 5.32 Å². The van der Waals surface area contributed by atoms with E-state index in [4.69, 9.17) is 34.8 Å².